The number of rotatable bonds is 19. The van der Waals surface area contributed by atoms with Gasteiger partial charge in [-0.25, -0.2) is 0 Å². The molecule has 7 atom stereocenters. The Labute approximate surface area is 282 Å². The quantitative estimate of drug-likeness (QED) is 0.194. The van der Waals surface area contributed by atoms with E-state index in [-0.39, 0.29) is 72.7 Å². The highest BCUT2D eigenvalue weighted by Gasteiger charge is 2.41. The van der Waals surface area contributed by atoms with Crippen LogP contribution in [0.4, 0.5) is 0 Å². The minimum absolute atomic E-state index is 0.0252. The van der Waals surface area contributed by atoms with E-state index >= 15 is 0 Å². The largest absolute Gasteiger partial charge is 0.379 e. The van der Waals surface area contributed by atoms with Crippen LogP contribution in [0.2, 0.25) is 0 Å². The normalized spacial score (nSPS) is 18.7. The monoisotopic (exact) mass is 661 g/mol. The molecule has 0 aromatic heterocycles. The molecule has 0 aliphatic carbocycles. The van der Waals surface area contributed by atoms with Gasteiger partial charge in [0.1, 0.15) is 0 Å². The molecule has 0 spiro atoms. The van der Waals surface area contributed by atoms with Gasteiger partial charge in [-0.1, -0.05) is 83.6 Å². The van der Waals surface area contributed by atoms with Gasteiger partial charge in [-0.05, 0) is 43.7 Å². The number of thiocarbonyl (C=S) groups is 1. The number of likely N-dealkylation sites (N-methyl/N-ethyl adjacent to an activating group) is 2. The van der Waals surface area contributed by atoms with Gasteiger partial charge >= 0.3 is 0 Å². The van der Waals surface area contributed by atoms with Gasteiger partial charge in [0.15, 0.2) is 0 Å². The van der Waals surface area contributed by atoms with Gasteiger partial charge in [-0.2, -0.15) is 0 Å². The molecule has 1 fully saturated rings. The summed E-state index contributed by atoms with van der Waals surface area (Å²) in [6.45, 7) is 11.3. The predicted molar refractivity (Wildman–Crippen MR) is 188 cm³/mol. The van der Waals surface area contributed by atoms with Crippen molar-refractivity contribution in [1.82, 2.24) is 25.8 Å². The first-order valence-corrected chi connectivity index (χ1v) is 17.2. The van der Waals surface area contributed by atoms with Gasteiger partial charge in [0.05, 0.1) is 48.3 Å². The molecule has 3 amide bonds. The number of ether oxygens (including phenoxy) is 2. The molecule has 10 nitrogen and oxygen atoms in total. The molecule has 0 saturated carbocycles. The van der Waals surface area contributed by atoms with E-state index in [4.69, 9.17) is 21.7 Å². The summed E-state index contributed by atoms with van der Waals surface area (Å²) in [5.41, 5.74) is 1.25. The lowest BCUT2D eigenvalue weighted by Gasteiger charge is -2.39. The lowest BCUT2D eigenvalue weighted by atomic mass is 9.90. The van der Waals surface area contributed by atoms with E-state index in [1.807, 2.05) is 36.9 Å². The summed E-state index contributed by atoms with van der Waals surface area (Å²) in [6, 6.07) is 9.42. The van der Waals surface area contributed by atoms with Crippen LogP contribution in [0.25, 0.3) is 0 Å². The summed E-state index contributed by atoms with van der Waals surface area (Å²) in [5.74, 6) is -0.419. The van der Waals surface area contributed by atoms with Crippen LogP contribution in [0, 0.1) is 17.8 Å². The van der Waals surface area contributed by atoms with E-state index in [9.17, 15) is 14.4 Å². The maximum atomic E-state index is 13.9. The number of benzene rings is 1. The van der Waals surface area contributed by atoms with Crippen LogP contribution >= 0.6 is 12.2 Å². The summed E-state index contributed by atoms with van der Waals surface area (Å²) in [5, 5.41) is 9.19. The van der Waals surface area contributed by atoms with Crippen molar-refractivity contribution < 1.29 is 23.9 Å². The highest BCUT2D eigenvalue weighted by Crippen LogP contribution is 2.29. The van der Waals surface area contributed by atoms with Crippen LogP contribution < -0.4 is 16.0 Å². The number of nitrogens with zero attached hydrogens (tertiary/aromatic N) is 2. The summed E-state index contributed by atoms with van der Waals surface area (Å²) < 4.78 is 11.9. The Morgan fingerprint density at radius 2 is 1.74 bits per heavy atom. The minimum atomic E-state index is -0.520. The summed E-state index contributed by atoms with van der Waals surface area (Å²) in [4.78, 5) is 44.2. The van der Waals surface area contributed by atoms with Crippen LogP contribution in [0.1, 0.15) is 65.9 Å². The molecule has 1 aromatic carbocycles. The van der Waals surface area contributed by atoms with Crippen LogP contribution in [0.5, 0.6) is 0 Å². The molecule has 7 unspecified atom stereocenters. The SMILES string of the molecule is CCC(C)C(C(CC(=O)N1CCCC1C(OC)C(C)C(=S)NCCc1ccccc1)OC)N(C)C(=O)CNC(=O)C(NC)C(C)C. The summed E-state index contributed by atoms with van der Waals surface area (Å²) in [7, 11) is 6.74. The van der Waals surface area contributed by atoms with E-state index in [0.29, 0.717) is 6.54 Å². The molecule has 1 aromatic rings. The third-order valence-electron chi connectivity index (χ3n) is 9.53. The van der Waals surface area contributed by atoms with E-state index in [1.54, 1.807) is 33.2 Å². The Hall–Kier alpha value is -2.60. The van der Waals surface area contributed by atoms with E-state index < -0.39 is 6.10 Å². The highest BCUT2D eigenvalue weighted by atomic mass is 32.1. The Kier molecular flexibility index (Phi) is 17.1. The molecule has 0 bridgehead atoms. The number of hydrogen-bond acceptors (Lipinski definition) is 7. The molecule has 1 heterocycles. The van der Waals surface area contributed by atoms with Crippen LogP contribution in [-0.2, 0) is 30.3 Å². The molecule has 2 rings (SSSR count). The Morgan fingerprint density at radius 1 is 1.07 bits per heavy atom. The van der Waals surface area contributed by atoms with Crippen molar-refractivity contribution in [2.45, 2.75) is 97.1 Å². The third kappa shape index (κ3) is 11.0. The minimum Gasteiger partial charge on any atom is -0.379 e. The number of likely N-dealkylation sites (tertiary alicyclic amines) is 1. The van der Waals surface area contributed by atoms with Crippen molar-refractivity contribution in [3.8, 4) is 0 Å². The molecule has 1 saturated heterocycles. The standard InChI is InChI=1S/C35H59N5O5S/c1-10-24(4)32(39(7)30(42)22-38-34(43)31(36-6)23(2)3)28(44-8)21-29(41)40-20-14-17-27(40)33(45-9)25(5)35(46)37-19-18-26-15-12-11-13-16-26/h11-13,15-16,23-25,27-28,31-33,36H,10,14,17-22H2,1-9H3,(H,37,46)(H,38,43). The first kappa shape index (κ1) is 39.6. The molecule has 1 aliphatic heterocycles. The van der Waals surface area contributed by atoms with Crippen LogP contribution in [-0.4, -0.2) is 111 Å². The smallest absolute Gasteiger partial charge is 0.242 e. The van der Waals surface area contributed by atoms with Gasteiger partial charge < -0.3 is 35.2 Å². The van der Waals surface area contributed by atoms with Crippen molar-refractivity contribution in [2.75, 3.05) is 47.9 Å². The molecule has 3 N–H and O–H groups in total. The third-order valence-corrected chi connectivity index (χ3v) is 10.1. The Morgan fingerprint density at radius 3 is 2.30 bits per heavy atom. The molecule has 46 heavy (non-hydrogen) atoms. The van der Waals surface area contributed by atoms with Gasteiger partial charge in [-0.15, -0.1) is 0 Å². The second-order valence-electron chi connectivity index (χ2n) is 12.9. The lowest BCUT2D eigenvalue weighted by Crippen LogP contribution is -2.55. The molecule has 1 aliphatic rings. The first-order chi connectivity index (χ1) is 21.9. The summed E-state index contributed by atoms with van der Waals surface area (Å²) in [6.07, 6.45) is 2.73. The van der Waals surface area contributed by atoms with Crippen molar-refractivity contribution >= 4 is 34.9 Å². The van der Waals surface area contributed by atoms with Gasteiger partial charge in [0.2, 0.25) is 17.7 Å². The van der Waals surface area contributed by atoms with Crippen molar-refractivity contribution in [2.24, 2.45) is 17.8 Å². The zero-order valence-electron chi connectivity index (χ0n) is 29.5. The Balaban J connectivity index is 2.09. The number of methoxy groups -OCH3 is 2. The molecular formula is C35H59N5O5S. The number of hydrogen-bond donors (Lipinski definition) is 3. The maximum absolute atomic E-state index is 13.9. The lowest BCUT2D eigenvalue weighted by molar-refractivity contribution is -0.144. The van der Waals surface area contributed by atoms with Crippen molar-refractivity contribution in [3.05, 3.63) is 35.9 Å². The van der Waals surface area contributed by atoms with Crippen LogP contribution in [0.15, 0.2) is 30.3 Å². The van der Waals surface area contributed by atoms with E-state index in [1.165, 1.54) is 5.56 Å². The number of amides is 3. The first-order valence-electron chi connectivity index (χ1n) is 16.8. The molecule has 11 heteroatoms. The van der Waals surface area contributed by atoms with E-state index in [0.717, 1.165) is 37.2 Å². The number of carbonyl (C=O) groups excluding carboxylic acids is 3. The summed E-state index contributed by atoms with van der Waals surface area (Å²) >= 11 is 5.78. The van der Waals surface area contributed by atoms with E-state index in [2.05, 4.69) is 48.9 Å². The van der Waals surface area contributed by atoms with Gasteiger partial charge in [-0.3, -0.25) is 14.4 Å². The fraction of sp³-hybridized carbons (Fsp3) is 0.714. The molecular weight excluding hydrogens is 602 g/mol. The second-order valence-corrected chi connectivity index (χ2v) is 13.3. The highest BCUT2D eigenvalue weighted by molar-refractivity contribution is 7.80. The van der Waals surface area contributed by atoms with Crippen molar-refractivity contribution in [3.63, 3.8) is 0 Å². The Bertz CT molecular complexity index is 1110. The molecule has 260 valence electrons. The van der Waals surface area contributed by atoms with Gasteiger partial charge in [0, 0.05) is 40.3 Å². The molecule has 0 radical (unpaired) electrons. The van der Waals surface area contributed by atoms with Crippen molar-refractivity contribution in [1.29, 1.82) is 0 Å². The zero-order valence-corrected chi connectivity index (χ0v) is 30.3. The maximum Gasteiger partial charge on any atom is 0.242 e. The average molecular weight is 662 g/mol. The van der Waals surface area contributed by atoms with Gasteiger partial charge in [0.25, 0.3) is 0 Å². The average Bonchev–Trinajstić information content (AvgIpc) is 3.53. The fourth-order valence-corrected chi connectivity index (χ4v) is 6.86. The zero-order chi connectivity index (χ0) is 34.4. The fourth-order valence-electron chi connectivity index (χ4n) is 6.63. The predicted octanol–water partition coefficient (Wildman–Crippen LogP) is 3.43. The number of nitrogens with one attached hydrogen (secondary N) is 3. The topological polar surface area (TPSA) is 112 Å². The second kappa shape index (κ2) is 19.9. The number of carbonyl (C=O) groups is 3. The van der Waals surface area contributed by atoms with Crippen LogP contribution in [0.3, 0.4) is 0 Å².